The van der Waals surface area contributed by atoms with Crippen molar-refractivity contribution in [2.45, 2.75) is 44.8 Å². The molecule has 0 saturated carbocycles. The fourth-order valence-electron chi connectivity index (χ4n) is 8.39. The molecule has 20 nitrogen and oxygen atoms in total. The summed E-state index contributed by atoms with van der Waals surface area (Å²) in [5, 5.41) is 15.4. The molecule has 4 amide bonds. The number of methoxy groups -OCH3 is 2. The van der Waals surface area contributed by atoms with E-state index in [1.165, 1.54) is 45.4 Å². The smallest absolute Gasteiger partial charge is 0.870 e. The summed E-state index contributed by atoms with van der Waals surface area (Å²) >= 11 is 12.1. The monoisotopic (exact) mass is 990 g/mol. The van der Waals surface area contributed by atoms with E-state index in [2.05, 4.69) is 20.4 Å². The van der Waals surface area contributed by atoms with E-state index in [-0.39, 0.29) is 77.5 Å². The topological polar surface area (TPSA) is 271 Å². The van der Waals surface area contributed by atoms with Crippen LogP contribution in [0.1, 0.15) is 53.3 Å². The number of aliphatic hydroxyl groups excluding tert-OH is 1. The van der Waals surface area contributed by atoms with Crippen LogP contribution in [0.2, 0.25) is 10.0 Å². The van der Waals surface area contributed by atoms with Gasteiger partial charge in [-0.15, -0.1) is 0 Å². The summed E-state index contributed by atoms with van der Waals surface area (Å²) in [4.78, 5) is 68.1. The van der Waals surface area contributed by atoms with E-state index in [1.54, 1.807) is 9.80 Å². The van der Waals surface area contributed by atoms with E-state index in [0.717, 1.165) is 58.4 Å². The van der Waals surface area contributed by atoms with Crippen molar-refractivity contribution in [3.8, 4) is 11.5 Å². The van der Waals surface area contributed by atoms with Gasteiger partial charge in [0.25, 0.3) is 17.7 Å². The van der Waals surface area contributed by atoms with Crippen LogP contribution in [0.4, 0.5) is 11.4 Å². The molecule has 8 N–H and O–H groups in total. The van der Waals surface area contributed by atoms with Crippen LogP contribution in [0.15, 0.2) is 24.3 Å². The zero-order valence-electron chi connectivity index (χ0n) is 38.9. The summed E-state index contributed by atoms with van der Waals surface area (Å²) in [5.41, 5.74) is 12.9. The van der Waals surface area contributed by atoms with Crippen molar-refractivity contribution in [2.75, 3.05) is 131 Å². The minimum absolute atomic E-state index is 0. The zero-order chi connectivity index (χ0) is 47.0. The number of piperidine rings is 2. The molecule has 6 rings (SSSR count). The number of hydrogen-bond acceptors (Lipinski definition) is 16. The Labute approximate surface area is 424 Å². The van der Waals surface area contributed by atoms with Crippen molar-refractivity contribution in [1.29, 1.82) is 0 Å². The number of morpholine rings is 2. The summed E-state index contributed by atoms with van der Waals surface area (Å²) < 4.78 is 27.0. The van der Waals surface area contributed by atoms with E-state index in [0.29, 0.717) is 115 Å². The van der Waals surface area contributed by atoms with Crippen LogP contribution >= 0.6 is 23.2 Å². The Morgan fingerprint density at radius 3 is 1.48 bits per heavy atom. The Hall–Kier alpha value is -3.67. The van der Waals surface area contributed by atoms with Gasteiger partial charge in [0.15, 0.2) is 6.61 Å². The molecule has 0 bridgehead atoms. The zero-order valence-corrected chi connectivity index (χ0v) is 42.4. The van der Waals surface area contributed by atoms with Gasteiger partial charge < -0.3 is 66.2 Å². The van der Waals surface area contributed by atoms with Gasteiger partial charge in [0.2, 0.25) is 5.91 Å². The second-order valence-corrected chi connectivity index (χ2v) is 17.5. The molecule has 4 heterocycles. The largest absolute Gasteiger partial charge is 1.00 e. The van der Waals surface area contributed by atoms with Gasteiger partial charge in [-0.1, -0.05) is 23.2 Å². The number of nitrogens with two attached hydrogens (primary N) is 2. The Kier molecular flexibility index (Phi) is 24.7. The van der Waals surface area contributed by atoms with Crippen LogP contribution in [0.5, 0.6) is 11.5 Å². The number of nitrogen functional groups attached to an aromatic ring is 2. The second-order valence-electron chi connectivity index (χ2n) is 16.7. The van der Waals surface area contributed by atoms with Gasteiger partial charge in [-0.3, -0.25) is 33.8 Å². The number of hydrogen-bond donors (Lipinski definition) is 5. The number of ether oxygens (including phenoxy) is 5. The molecule has 368 valence electrons. The molecule has 0 radical (unpaired) electrons. The SMILES string of the molecule is COc1cc(N)c(Cl)cc1C(=O)NCC1CN(CC2CCN(C(=O)CO)CC2)CCO1.COc1cc(N)c(Cl)cc1C(=O)NCC1CN(CC2CCN(C(=O)COC(C)=O)CC2)CCO1.[Na+].[OH-]. The van der Waals surface area contributed by atoms with E-state index < -0.39 is 12.6 Å². The number of nitrogens with one attached hydrogen (secondary N) is 2. The minimum Gasteiger partial charge on any atom is -0.870 e. The second kappa shape index (κ2) is 28.7. The third-order valence-corrected chi connectivity index (χ3v) is 12.7. The van der Waals surface area contributed by atoms with E-state index in [1.807, 2.05) is 0 Å². The molecule has 2 unspecified atom stereocenters. The van der Waals surface area contributed by atoms with Gasteiger partial charge in [-0.25, -0.2) is 0 Å². The number of likely N-dealkylation sites (tertiary alicyclic amines) is 2. The number of aliphatic hydroxyl groups is 1. The van der Waals surface area contributed by atoms with Gasteiger partial charge in [-0.2, -0.15) is 0 Å². The number of esters is 1. The van der Waals surface area contributed by atoms with Crippen LogP contribution < -0.4 is 61.1 Å². The summed E-state index contributed by atoms with van der Waals surface area (Å²) in [6.07, 6.45) is 3.44. The van der Waals surface area contributed by atoms with E-state index in [4.69, 9.17) is 63.5 Å². The Morgan fingerprint density at radius 2 is 1.10 bits per heavy atom. The maximum atomic E-state index is 12.7. The summed E-state index contributed by atoms with van der Waals surface area (Å²) in [6.45, 7) is 10.3. The summed E-state index contributed by atoms with van der Waals surface area (Å²) in [7, 11) is 2.95. The van der Waals surface area contributed by atoms with Crippen molar-refractivity contribution >= 4 is 64.2 Å². The van der Waals surface area contributed by atoms with Crippen molar-refractivity contribution in [3.05, 3.63) is 45.4 Å². The van der Waals surface area contributed by atoms with Crippen LogP contribution in [0, 0.1) is 11.8 Å². The van der Waals surface area contributed by atoms with Crippen molar-refractivity contribution < 1.29 is 87.8 Å². The van der Waals surface area contributed by atoms with Gasteiger partial charge >= 0.3 is 35.5 Å². The molecule has 2 atom stereocenters. The fraction of sp³-hybridized carbons (Fsp3) is 0.614. The minimum atomic E-state index is -0.447. The number of carbonyl (C=O) groups excluding carboxylic acids is 5. The van der Waals surface area contributed by atoms with Crippen LogP contribution in [-0.2, 0) is 28.6 Å². The van der Waals surface area contributed by atoms with Crippen LogP contribution in [-0.4, -0.2) is 191 Å². The molecule has 4 fully saturated rings. The molecule has 4 aliphatic heterocycles. The van der Waals surface area contributed by atoms with Crippen molar-refractivity contribution in [2.24, 2.45) is 11.8 Å². The standard InChI is InChI=1S/C23H33ClN4O6.C21H31ClN4O5.Na.H2O/c1-15(29)34-14-22(30)28-5-3-16(4-6-28)12-27-7-8-33-17(13-27)11-26-23(31)18-9-19(24)20(25)10-21(18)32-2;1-30-19-9-18(23)17(22)8-16(19)21(29)24-10-15-12-25(6-7-31-15)11-14-2-4-26(5-3-14)20(28)13-27;;/h9-10,16-17H,3-8,11-14,25H2,1-2H3,(H,26,31);8-9,14-15,27H,2-7,10-13,23H2,1H3,(H,24,29);;1H2/q;;+1;/p-1. The number of anilines is 2. The number of benzene rings is 2. The van der Waals surface area contributed by atoms with E-state index >= 15 is 0 Å². The third kappa shape index (κ3) is 17.7. The average Bonchev–Trinajstić information content (AvgIpc) is 3.31. The fourth-order valence-corrected chi connectivity index (χ4v) is 8.72. The van der Waals surface area contributed by atoms with Gasteiger partial charge in [0, 0.05) is 97.6 Å². The Bertz CT molecular complexity index is 1960. The molecular formula is C44H65Cl2N8NaO12. The predicted molar refractivity (Wildman–Crippen MR) is 246 cm³/mol. The summed E-state index contributed by atoms with van der Waals surface area (Å²) in [5.74, 6) is 0.349. The Morgan fingerprint density at radius 1 is 0.701 bits per heavy atom. The molecule has 23 heteroatoms. The molecule has 0 aromatic heterocycles. The first kappa shape index (κ1) is 57.6. The number of carbonyl (C=O) groups is 5. The molecule has 4 aliphatic rings. The quantitative estimate of drug-likeness (QED) is 0.0779. The molecule has 2 aromatic rings. The number of rotatable bonds is 15. The molecule has 67 heavy (non-hydrogen) atoms. The first-order chi connectivity index (χ1) is 31.2. The van der Waals surface area contributed by atoms with Gasteiger partial charge in [0.05, 0.1) is 72.2 Å². The normalized spacial score (nSPS) is 19.4. The van der Waals surface area contributed by atoms with Gasteiger partial charge in [-0.05, 0) is 49.7 Å². The molecule has 4 saturated heterocycles. The third-order valence-electron chi connectivity index (χ3n) is 12.1. The van der Waals surface area contributed by atoms with E-state index in [9.17, 15) is 24.0 Å². The summed E-state index contributed by atoms with van der Waals surface area (Å²) in [6, 6.07) is 6.08. The number of nitrogens with zero attached hydrogens (tertiary/aromatic N) is 4. The number of halogens is 2. The predicted octanol–water partition coefficient (Wildman–Crippen LogP) is -1.42. The number of amides is 4. The maximum Gasteiger partial charge on any atom is 1.00 e. The van der Waals surface area contributed by atoms with Crippen molar-refractivity contribution in [3.63, 3.8) is 0 Å². The first-order valence-corrected chi connectivity index (χ1v) is 22.7. The maximum absolute atomic E-state index is 12.7. The van der Waals surface area contributed by atoms with Crippen LogP contribution in [0.3, 0.4) is 0 Å². The molecular weight excluding hydrogens is 926 g/mol. The molecule has 2 aromatic carbocycles. The van der Waals surface area contributed by atoms with Crippen LogP contribution in [0.25, 0.3) is 0 Å². The molecule has 0 spiro atoms. The van der Waals surface area contributed by atoms with Crippen molar-refractivity contribution in [1.82, 2.24) is 30.2 Å². The first-order valence-electron chi connectivity index (χ1n) is 22.0. The Balaban J connectivity index is 0.000000346. The van der Waals surface area contributed by atoms with Gasteiger partial charge in [0.1, 0.15) is 18.1 Å². The molecule has 0 aliphatic carbocycles. The average molecular weight is 992 g/mol.